The number of anilines is 3. The lowest BCUT2D eigenvalue weighted by molar-refractivity contribution is -0.116. The molecule has 4 heteroatoms. The van der Waals surface area contributed by atoms with Gasteiger partial charge in [0.25, 0.3) is 0 Å². The van der Waals surface area contributed by atoms with E-state index in [1.54, 1.807) is 6.07 Å². The molecule has 0 fully saturated rings. The van der Waals surface area contributed by atoms with Crippen molar-refractivity contribution < 1.29 is 4.79 Å². The summed E-state index contributed by atoms with van der Waals surface area (Å²) in [6.45, 7) is 0. The average molecular weight is 253 g/mol. The Kier molecular flexibility index (Phi) is 2.83. The molecular formula is C15H15N3O. The van der Waals surface area contributed by atoms with Gasteiger partial charge in [-0.05, 0) is 23.8 Å². The minimum atomic E-state index is -0.0377. The summed E-state index contributed by atoms with van der Waals surface area (Å²) in [6, 6.07) is 15.4. The predicted molar refractivity (Wildman–Crippen MR) is 76.9 cm³/mol. The average Bonchev–Trinajstić information content (AvgIpc) is 2.58. The van der Waals surface area contributed by atoms with E-state index in [0.717, 1.165) is 16.9 Å². The maximum absolute atomic E-state index is 11.9. The van der Waals surface area contributed by atoms with Gasteiger partial charge in [-0.15, -0.1) is 0 Å². The second kappa shape index (κ2) is 4.65. The number of nitrogens with one attached hydrogen (secondary N) is 2. The number of benzene rings is 2. The molecule has 4 nitrogen and oxygen atoms in total. The van der Waals surface area contributed by atoms with Gasteiger partial charge in [-0.1, -0.05) is 30.3 Å². The summed E-state index contributed by atoms with van der Waals surface area (Å²) >= 11 is 0. The largest absolute Gasteiger partial charge is 0.399 e. The Labute approximate surface area is 111 Å². The van der Waals surface area contributed by atoms with E-state index in [-0.39, 0.29) is 11.9 Å². The van der Waals surface area contributed by atoms with Gasteiger partial charge in [-0.25, -0.2) is 0 Å². The van der Waals surface area contributed by atoms with Gasteiger partial charge >= 0.3 is 0 Å². The first-order chi connectivity index (χ1) is 9.22. The maximum atomic E-state index is 11.9. The molecule has 19 heavy (non-hydrogen) atoms. The van der Waals surface area contributed by atoms with Crippen LogP contribution in [0.2, 0.25) is 0 Å². The highest BCUT2D eigenvalue weighted by Crippen LogP contribution is 2.33. The Morgan fingerprint density at radius 3 is 2.63 bits per heavy atom. The monoisotopic (exact) mass is 253 g/mol. The predicted octanol–water partition coefficient (Wildman–Crippen LogP) is 2.76. The van der Waals surface area contributed by atoms with Crippen molar-refractivity contribution in [3.05, 3.63) is 54.1 Å². The Balaban J connectivity index is 1.99. The zero-order valence-corrected chi connectivity index (χ0v) is 10.4. The molecule has 1 amide bonds. The van der Waals surface area contributed by atoms with E-state index in [4.69, 9.17) is 5.73 Å². The minimum absolute atomic E-state index is 0.00451. The van der Waals surface area contributed by atoms with Crippen LogP contribution in [-0.2, 0) is 4.79 Å². The zero-order valence-electron chi connectivity index (χ0n) is 10.4. The lowest BCUT2D eigenvalue weighted by Crippen LogP contribution is -2.15. The Morgan fingerprint density at radius 2 is 1.84 bits per heavy atom. The van der Waals surface area contributed by atoms with Crippen LogP contribution in [0.25, 0.3) is 0 Å². The molecule has 0 spiro atoms. The quantitative estimate of drug-likeness (QED) is 0.684. The van der Waals surface area contributed by atoms with E-state index in [2.05, 4.69) is 10.6 Å². The number of nitrogen functional groups attached to an aromatic ring is 1. The molecule has 4 N–H and O–H groups in total. The molecule has 0 bridgehead atoms. The van der Waals surface area contributed by atoms with Crippen molar-refractivity contribution in [3.63, 3.8) is 0 Å². The normalized spacial score (nSPS) is 17.9. The van der Waals surface area contributed by atoms with Crippen molar-refractivity contribution in [1.29, 1.82) is 0 Å². The van der Waals surface area contributed by atoms with Crippen LogP contribution in [-0.4, -0.2) is 5.91 Å². The van der Waals surface area contributed by atoms with Crippen LogP contribution in [0.15, 0.2) is 48.5 Å². The maximum Gasteiger partial charge on any atom is 0.226 e. The highest BCUT2D eigenvalue weighted by molar-refractivity contribution is 5.97. The number of hydrogen-bond acceptors (Lipinski definition) is 3. The first kappa shape index (κ1) is 11.6. The number of rotatable bonds is 1. The highest BCUT2D eigenvalue weighted by atomic mass is 16.1. The zero-order chi connectivity index (χ0) is 13.2. The van der Waals surface area contributed by atoms with Crippen LogP contribution in [0, 0.1) is 0 Å². The lowest BCUT2D eigenvalue weighted by Gasteiger charge is -2.17. The molecule has 1 unspecified atom stereocenters. The van der Waals surface area contributed by atoms with Crippen molar-refractivity contribution in [3.8, 4) is 0 Å². The van der Waals surface area contributed by atoms with Gasteiger partial charge in [0, 0.05) is 5.69 Å². The smallest absolute Gasteiger partial charge is 0.226 e. The SMILES string of the molecule is Nc1ccc2c(c1)NC(c1ccccc1)CC(=O)N2. The molecule has 0 aliphatic carbocycles. The van der Waals surface area contributed by atoms with Gasteiger partial charge in [0.15, 0.2) is 0 Å². The fraction of sp³-hybridized carbons (Fsp3) is 0.133. The number of fused-ring (bicyclic) bond motifs is 1. The summed E-state index contributed by atoms with van der Waals surface area (Å²) in [5.41, 5.74) is 9.20. The van der Waals surface area contributed by atoms with Crippen LogP contribution < -0.4 is 16.4 Å². The molecule has 3 rings (SSSR count). The van der Waals surface area contributed by atoms with Crippen LogP contribution >= 0.6 is 0 Å². The van der Waals surface area contributed by atoms with Crippen molar-refractivity contribution in [2.24, 2.45) is 0 Å². The molecule has 1 aliphatic rings. The van der Waals surface area contributed by atoms with Gasteiger partial charge in [0.1, 0.15) is 0 Å². The number of carbonyl (C=O) groups excluding carboxylic acids is 1. The number of amides is 1. The summed E-state index contributed by atoms with van der Waals surface area (Å²) in [5, 5.41) is 6.28. The third-order valence-corrected chi connectivity index (χ3v) is 3.24. The standard InChI is InChI=1S/C15H15N3O/c16-11-6-7-12-14(8-11)17-13(9-15(19)18-12)10-4-2-1-3-5-10/h1-8,13,17H,9,16H2,(H,18,19). The molecule has 1 atom stereocenters. The molecule has 1 aliphatic heterocycles. The summed E-state index contributed by atoms with van der Waals surface area (Å²) in [7, 11) is 0. The van der Waals surface area contributed by atoms with Crippen LogP contribution in [0.3, 0.4) is 0 Å². The van der Waals surface area contributed by atoms with Crippen LogP contribution in [0.5, 0.6) is 0 Å². The Bertz CT molecular complexity index is 610. The van der Waals surface area contributed by atoms with Gasteiger partial charge in [-0.3, -0.25) is 4.79 Å². The number of carbonyl (C=O) groups is 1. The third kappa shape index (κ3) is 2.38. The molecule has 0 saturated carbocycles. The second-order valence-corrected chi connectivity index (χ2v) is 4.66. The summed E-state index contributed by atoms with van der Waals surface area (Å²) in [5.74, 6) is 0.00451. The summed E-state index contributed by atoms with van der Waals surface area (Å²) < 4.78 is 0. The molecule has 2 aromatic carbocycles. The molecule has 0 saturated heterocycles. The summed E-state index contributed by atoms with van der Waals surface area (Å²) in [4.78, 5) is 11.9. The van der Waals surface area contributed by atoms with Gasteiger partial charge in [0.2, 0.25) is 5.91 Å². The fourth-order valence-electron chi connectivity index (χ4n) is 2.30. The van der Waals surface area contributed by atoms with Gasteiger partial charge in [0.05, 0.1) is 23.8 Å². The first-order valence-corrected chi connectivity index (χ1v) is 6.23. The van der Waals surface area contributed by atoms with Crippen molar-refractivity contribution in [2.75, 3.05) is 16.4 Å². The van der Waals surface area contributed by atoms with Crippen molar-refractivity contribution >= 4 is 23.0 Å². The van der Waals surface area contributed by atoms with Gasteiger partial charge in [-0.2, -0.15) is 0 Å². The summed E-state index contributed by atoms with van der Waals surface area (Å²) in [6.07, 6.45) is 0.401. The minimum Gasteiger partial charge on any atom is -0.399 e. The van der Waals surface area contributed by atoms with Crippen molar-refractivity contribution in [1.82, 2.24) is 0 Å². The Hall–Kier alpha value is -2.49. The molecular weight excluding hydrogens is 238 g/mol. The van der Waals surface area contributed by atoms with E-state index >= 15 is 0 Å². The first-order valence-electron chi connectivity index (χ1n) is 6.23. The van der Waals surface area contributed by atoms with Gasteiger partial charge < -0.3 is 16.4 Å². The fourth-order valence-corrected chi connectivity index (χ4v) is 2.30. The topological polar surface area (TPSA) is 67.1 Å². The van der Waals surface area contributed by atoms with E-state index in [9.17, 15) is 4.79 Å². The van der Waals surface area contributed by atoms with E-state index in [0.29, 0.717) is 12.1 Å². The molecule has 0 aromatic heterocycles. The highest BCUT2D eigenvalue weighted by Gasteiger charge is 2.21. The molecule has 0 radical (unpaired) electrons. The van der Waals surface area contributed by atoms with Crippen molar-refractivity contribution in [2.45, 2.75) is 12.5 Å². The number of hydrogen-bond donors (Lipinski definition) is 3. The molecule has 2 aromatic rings. The molecule has 1 heterocycles. The van der Waals surface area contributed by atoms with E-state index in [1.807, 2.05) is 42.5 Å². The lowest BCUT2D eigenvalue weighted by atomic mass is 10.0. The Morgan fingerprint density at radius 1 is 1.05 bits per heavy atom. The number of nitrogens with two attached hydrogens (primary N) is 1. The van der Waals surface area contributed by atoms with E-state index in [1.165, 1.54) is 0 Å². The third-order valence-electron chi connectivity index (χ3n) is 3.24. The van der Waals surface area contributed by atoms with Crippen LogP contribution in [0.1, 0.15) is 18.0 Å². The second-order valence-electron chi connectivity index (χ2n) is 4.66. The van der Waals surface area contributed by atoms with Crippen LogP contribution in [0.4, 0.5) is 17.1 Å². The molecule has 96 valence electrons. The van der Waals surface area contributed by atoms with E-state index < -0.39 is 0 Å².